The molecule has 4 heteroatoms. The highest BCUT2D eigenvalue weighted by Gasteiger charge is 2.10. The van der Waals surface area contributed by atoms with Gasteiger partial charge in [0.05, 0.1) is 22.8 Å². The average molecular weight is 295 g/mol. The van der Waals surface area contributed by atoms with Crippen LogP contribution in [-0.4, -0.2) is 14.9 Å². The third-order valence-corrected chi connectivity index (χ3v) is 3.49. The van der Waals surface area contributed by atoms with Gasteiger partial charge in [-0.3, -0.25) is 4.68 Å². The minimum atomic E-state index is -0.526. The lowest BCUT2D eigenvalue weighted by Gasteiger charge is -2.11. The second-order valence-electron chi connectivity index (χ2n) is 4.21. The summed E-state index contributed by atoms with van der Waals surface area (Å²) in [5, 5.41) is 14.4. The first-order chi connectivity index (χ1) is 8.06. The molecule has 17 heavy (non-hydrogen) atoms. The summed E-state index contributed by atoms with van der Waals surface area (Å²) in [6.45, 7) is 4.43. The van der Waals surface area contributed by atoms with Crippen LogP contribution in [0.3, 0.4) is 0 Å². The SMILES string of the molecule is Cc1ccc(C(O)Cn2cc(Br)c(C)n2)cc1. The lowest BCUT2D eigenvalue weighted by Crippen LogP contribution is -2.09. The Labute approximate surface area is 109 Å². The van der Waals surface area contributed by atoms with Crippen molar-refractivity contribution >= 4 is 15.9 Å². The Bertz CT molecular complexity index is 485. The fraction of sp³-hybridized carbons (Fsp3) is 0.308. The van der Waals surface area contributed by atoms with Crippen LogP contribution in [0.5, 0.6) is 0 Å². The lowest BCUT2D eigenvalue weighted by molar-refractivity contribution is 0.151. The molecule has 1 aromatic heterocycles. The molecular formula is C13H15BrN2O. The van der Waals surface area contributed by atoms with Gasteiger partial charge in [0.15, 0.2) is 0 Å². The summed E-state index contributed by atoms with van der Waals surface area (Å²) in [5.41, 5.74) is 3.04. The van der Waals surface area contributed by atoms with E-state index in [1.807, 2.05) is 44.3 Å². The van der Waals surface area contributed by atoms with E-state index in [1.54, 1.807) is 4.68 Å². The Balaban J connectivity index is 2.11. The lowest BCUT2D eigenvalue weighted by atomic mass is 10.1. The molecule has 0 saturated carbocycles. The van der Waals surface area contributed by atoms with Gasteiger partial charge in [-0.1, -0.05) is 29.8 Å². The fourth-order valence-electron chi connectivity index (χ4n) is 1.66. The molecule has 2 aromatic rings. The number of halogens is 1. The molecule has 0 aliphatic rings. The molecule has 0 radical (unpaired) electrons. The number of rotatable bonds is 3. The smallest absolute Gasteiger partial charge is 0.0985 e. The standard InChI is InChI=1S/C13H15BrN2O/c1-9-3-5-11(6-4-9)13(17)8-16-7-12(14)10(2)15-16/h3-7,13,17H,8H2,1-2H3. The van der Waals surface area contributed by atoms with E-state index in [0.29, 0.717) is 6.54 Å². The van der Waals surface area contributed by atoms with Gasteiger partial charge in [-0.25, -0.2) is 0 Å². The van der Waals surface area contributed by atoms with E-state index < -0.39 is 6.10 Å². The minimum Gasteiger partial charge on any atom is -0.386 e. The topological polar surface area (TPSA) is 38.0 Å². The summed E-state index contributed by atoms with van der Waals surface area (Å²) < 4.78 is 2.72. The van der Waals surface area contributed by atoms with Gasteiger partial charge >= 0.3 is 0 Å². The number of hydrogen-bond donors (Lipinski definition) is 1. The molecule has 0 spiro atoms. The van der Waals surface area contributed by atoms with E-state index in [0.717, 1.165) is 15.7 Å². The Kier molecular flexibility index (Phi) is 3.64. The van der Waals surface area contributed by atoms with E-state index >= 15 is 0 Å². The number of aromatic nitrogens is 2. The zero-order valence-electron chi connectivity index (χ0n) is 9.89. The van der Waals surface area contributed by atoms with Gasteiger partial charge in [-0.15, -0.1) is 0 Å². The van der Waals surface area contributed by atoms with Crippen LogP contribution in [0.25, 0.3) is 0 Å². The third-order valence-electron chi connectivity index (χ3n) is 2.71. The summed E-state index contributed by atoms with van der Waals surface area (Å²) in [6, 6.07) is 7.91. The van der Waals surface area contributed by atoms with Crippen molar-refractivity contribution in [2.75, 3.05) is 0 Å². The van der Waals surface area contributed by atoms with Gasteiger partial charge in [0.2, 0.25) is 0 Å². The Morgan fingerprint density at radius 3 is 2.47 bits per heavy atom. The molecule has 0 aliphatic carbocycles. The largest absolute Gasteiger partial charge is 0.386 e. The molecule has 0 bridgehead atoms. The van der Waals surface area contributed by atoms with Crippen molar-refractivity contribution in [3.05, 3.63) is 51.8 Å². The Hall–Kier alpha value is -1.13. The maximum atomic E-state index is 10.1. The first kappa shape index (κ1) is 12.3. The maximum Gasteiger partial charge on any atom is 0.0985 e. The highest BCUT2D eigenvalue weighted by atomic mass is 79.9. The number of hydrogen-bond acceptors (Lipinski definition) is 2. The molecule has 1 unspecified atom stereocenters. The number of aliphatic hydroxyl groups excluding tert-OH is 1. The van der Waals surface area contributed by atoms with Crippen molar-refractivity contribution in [2.45, 2.75) is 26.5 Å². The summed E-state index contributed by atoms with van der Waals surface area (Å²) in [4.78, 5) is 0. The zero-order chi connectivity index (χ0) is 12.4. The molecule has 0 aliphatic heterocycles. The predicted octanol–water partition coefficient (Wildman–Crippen LogP) is 3.00. The van der Waals surface area contributed by atoms with Gasteiger partial charge in [0, 0.05) is 6.20 Å². The van der Waals surface area contributed by atoms with E-state index in [-0.39, 0.29) is 0 Å². The van der Waals surface area contributed by atoms with Gasteiger partial charge in [0.1, 0.15) is 0 Å². The van der Waals surface area contributed by atoms with E-state index in [2.05, 4.69) is 21.0 Å². The number of aryl methyl sites for hydroxylation is 2. The maximum absolute atomic E-state index is 10.1. The van der Waals surface area contributed by atoms with Gasteiger partial charge < -0.3 is 5.11 Å². The number of aliphatic hydroxyl groups is 1. The molecule has 1 heterocycles. The fourth-order valence-corrected chi connectivity index (χ4v) is 1.97. The van der Waals surface area contributed by atoms with E-state index in [9.17, 15) is 5.11 Å². The highest BCUT2D eigenvalue weighted by Crippen LogP contribution is 2.18. The second-order valence-corrected chi connectivity index (χ2v) is 5.07. The van der Waals surface area contributed by atoms with E-state index in [4.69, 9.17) is 0 Å². The molecule has 2 rings (SSSR count). The molecule has 0 amide bonds. The van der Waals surface area contributed by atoms with Gasteiger partial charge in [-0.05, 0) is 35.3 Å². The summed E-state index contributed by atoms with van der Waals surface area (Å²) in [6.07, 6.45) is 1.36. The van der Waals surface area contributed by atoms with Gasteiger partial charge in [-0.2, -0.15) is 5.10 Å². The first-order valence-corrected chi connectivity index (χ1v) is 6.30. The van der Waals surface area contributed by atoms with Crippen LogP contribution in [0.2, 0.25) is 0 Å². The summed E-state index contributed by atoms with van der Waals surface area (Å²) in [5.74, 6) is 0. The second kappa shape index (κ2) is 5.02. The summed E-state index contributed by atoms with van der Waals surface area (Å²) in [7, 11) is 0. The first-order valence-electron chi connectivity index (χ1n) is 5.50. The molecule has 1 N–H and O–H groups in total. The predicted molar refractivity (Wildman–Crippen MR) is 70.8 cm³/mol. The van der Waals surface area contributed by atoms with Crippen LogP contribution in [0.15, 0.2) is 34.9 Å². The van der Waals surface area contributed by atoms with Crippen molar-refractivity contribution in [3.8, 4) is 0 Å². The average Bonchev–Trinajstić information content (AvgIpc) is 2.58. The minimum absolute atomic E-state index is 0.468. The quantitative estimate of drug-likeness (QED) is 0.945. The number of benzene rings is 1. The van der Waals surface area contributed by atoms with Crippen molar-refractivity contribution in [2.24, 2.45) is 0 Å². The van der Waals surface area contributed by atoms with Gasteiger partial charge in [0.25, 0.3) is 0 Å². The van der Waals surface area contributed by atoms with Crippen LogP contribution in [0.4, 0.5) is 0 Å². The van der Waals surface area contributed by atoms with Crippen molar-refractivity contribution in [3.63, 3.8) is 0 Å². The van der Waals surface area contributed by atoms with Crippen molar-refractivity contribution < 1.29 is 5.11 Å². The van der Waals surface area contributed by atoms with Crippen molar-refractivity contribution in [1.29, 1.82) is 0 Å². The molecule has 90 valence electrons. The van der Waals surface area contributed by atoms with Crippen LogP contribution in [0, 0.1) is 13.8 Å². The zero-order valence-corrected chi connectivity index (χ0v) is 11.5. The Morgan fingerprint density at radius 1 is 1.29 bits per heavy atom. The van der Waals surface area contributed by atoms with E-state index in [1.165, 1.54) is 5.56 Å². The summed E-state index contributed by atoms with van der Waals surface area (Å²) >= 11 is 3.41. The molecule has 0 fully saturated rings. The molecule has 3 nitrogen and oxygen atoms in total. The van der Waals surface area contributed by atoms with Crippen LogP contribution in [0.1, 0.15) is 22.9 Å². The number of nitrogens with zero attached hydrogens (tertiary/aromatic N) is 2. The van der Waals surface area contributed by atoms with Crippen LogP contribution < -0.4 is 0 Å². The van der Waals surface area contributed by atoms with Crippen molar-refractivity contribution in [1.82, 2.24) is 9.78 Å². The third kappa shape index (κ3) is 2.96. The van der Waals surface area contributed by atoms with Crippen LogP contribution >= 0.6 is 15.9 Å². The van der Waals surface area contributed by atoms with Crippen LogP contribution in [-0.2, 0) is 6.54 Å². The monoisotopic (exact) mass is 294 g/mol. The Morgan fingerprint density at radius 2 is 1.94 bits per heavy atom. The molecule has 0 saturated heterocycles. The molecular weight excluding hydrogens is 280 g/mol. The highest BCUT2D eigenvalue weighted by molar-refractivity contribution is 9.10. The molecule has 1 atom stereocenters. The normalized spacial score (nSPS) is 12.7. The molecule has 1 aromatic carbocycles.